The van der Waals surface area contributed by atoms with Crippen LogP contribution in [0.3, 0.4) is 0 Å². The molecule has 0 saturated heterocycles. The van der Waals surface area contributed by atoms with E-state index in [2.05, 4.69) is 25.7 Å². The summed E-state index contributed by atoms with van der Waals surface area (Å²) in [4.78, 5) is 29.9. The van der Waals surface area contributed by atoms with Crippen LogP contribution in [0.5, 0.6) is 5.75 Å². The fourth-order valence-electron chi connectivity index (χ4n) is 4.20. The number of amides is 1. The van der Waals surface area contributed by atoms with E-state index >= 15 is 0 Å². The van der Waals surface area contributed by atoms with Crippen molar-refractivity contribution in [2.75, 3.05) is 12.0 Å². The standard InChI is InChI=1S/C26H18FN7O3/c1-15-22(16-7-9-18(27)10-8-16)25-30-29-24-19(34(25)31-15)11-13-33(26(24)36)32-21(35)14-37-20-6-2-4-17-5-3-12-28-23(17)20/h2-13H,14H2,1H3,(H,32,35). The lowest BCUT2D eigenvalue weighted by molar-refractivity contribution is -0.119. The van der Waals surface area contributed by atoms with Crippen LogP contribution in [0.4, 0.5) is 4.39 Å². The second-order valence-corrected chi connectivity index (χ2v) is 8.28. The summed E-state index contributed by atoms with van der Waals surface area (Å²) in [6.45, 7) is 1.47. The summed E-state index contributed by atoms with van der Waals surface area (Å²) in [5.74, 6) is -0.438. The molecule has 0 atom stereocenters. The highest BCUT2D eigenvalue weighted by molar-refractivity contribution is 5.88. The molecule has 0 radical (unpaired) electrons. The molecule has 37 heavy (non-hydrogen) atoms. The number of aryl methyl sites for hydroxylation is 1. The highest BCUT2D eigenvalue weighted by atomic mass is 19.1. The molecule has 0 unspecified atom stereocenters. The van der Waals surface area contributed by atoms with Crippen molar-refractivity contribution < 1.29 is 13.9 Å². The zero-order chi connectivity index (χ0) is 25.5. The molecule has 1 N–H and O–H groups in total. The highest BCUT2D eigenvalue weighted by Crippen LogP contribution is 2.28. The average Bonchev–Trinajstić information content (AvgIpc) is 3.25. The fourth-order valence-corrected chi connectivity index (χ4v) is 4.20. The Labute approximate surface area is 207 Å². The van der Waals surface area contributed by atoms with Gasteiger partial charge in [0.05, 0.1) is 11.3 Å². The van der Waals surface area contributed by atoms with Gasteiger partial charge in [-0.3, -0.25) is 20.0 Å². The topological polar surface area (TPSA) is 116 Å². The van der Waals surface area contributed by atoms with E-state index < -0.39 is 11.5 Å². The zero-order valence-corrected chi connectivity index (χ0v) is 19.4. The maximum absolute atomic E-state index is 13.4. The molecule has 0 aliphatic rings. The van der Waals surface area contributed by atoms with E-state index in [1.54, 1.807) is 37.4 Å². The number of aromatic nitrogens is 6. The Balaban J connectivity index is 1.28. The monoisotopic (exact) mass is 495 g/mol. The smallest absolute Gasteiger partial charge is 0.299 e. The van der Waals surface area contributed by atoms with Gasteiger partial charge >= 0.3 is 0 Å². The van der Waals surface area contributed by atoms with Gasteiger partial charge < -0.3 is 4.74 Å². The van der Waals surface area contributed by atoms with Gasteiger partial charge in [0.1, 0.15) is 22.6 Å². The Morgan fingerprint density at radius 1 is 1.03 bits per heavy atom. The number of para-hydroxylation sites is 1. The lowest BCUT2D eigenvalue weighted by atomic mass is 10.1. The van der Waals surface area contributed by atoms with Gasteiger partial charge in [-0.1, -0.05) is 30.3 Å². The first-order chi connectivity index (χ1) is 18.0. The molecule has 4 aromatic heterocycles. The lowest BCUT2D eigenvalue weighted by Gasteiger charge is -2.11. The molecule has 10 nitrogen and oxygen atoms in total. The van der Waals surface area contributed by atoms with Gasteiger partial charge in [-0.05, 0) is 42.8 Å². The van der Waals surface area contributed by atoms with Crippen LogP contribution in [0.15, 0.2) is 77.9 Å². The second kappa shape index (κ2) is 8.79. The van der Waals surface area contributed by atoms with E-state index in [1.165, 1.54) is 22.8 Å². The van der Waals surface area contributed by atoms with Gasteiger partial charge in [0.2, 0.25) is 0 Å². The quantitative estimate of drug-likeness (QED) is 0.390. The number of halogens is 1. The molecule has 0 aliphatic heterocycles. The maximum atomic E-state index is 13.4. The maximum Gasteiger partial charge on any atom is 0.299 e. The third-order valence-electron chi connectivity index (χ3n) is 5.89. The van der Waals surface area contributed by atoms with Gasteiger partial charge in [-0.2, -0.15) is 5.10 Å². The van der Waals surface area contributed by atoms with Crippen molar-refractivity contribution in [3.63, 3.8) is 0 Å². The molecule has 182 valence electrons. The predicted molar refractivity (Wildman–Crippen MR) is 134 cm³/mol. The number of carbonyl (C=O) groups is 1. The molecule has 0 bridgehead atoms. The minimum atomic E-state index is -0.580. The Morgan fingerprint density at radius 2 is 1.84 bits per heavy atom. The van der Waals surface area contributed by atoms with Crippen molar-refractivity contribution in [3.05, 3.63) is 94.9 Å². The SMILES string of the molecule is Cc1nn2c(nnc3c(=O)n(NC(=O)COc4cccc5cccnc45)ccc32)c1-c1ccc(F)cc1. The van der Waals surface area contributed by atoms with E-state index in [-0.39, 0.29) is 17.9 Å². The van der Waals surface area contributed by atoms with Crippen LogP contribution in [0, 0.1) is 12.7 Å². The molecule has 1 amide bonds. The van der Waals surface area contributed by atoms with Crippen molar-refractivity contribution in [2.45, 2.75) is 6.92 Å². The number of ether oxygens (including phenoxy) is 1. The van der Waals surface area contributed by atoms with Gasteiger partial charge in [0.25, 0.3) is 11.5 Å². The van der Waals surface area contributed by atoms with Crippen LogP contribution in [0.1, 0.15) is 5.69 Å². The molecule has 6 rings (SSSR count). The van der Waals surface area contributed by atoms with Crippen LogP contribution >= 0.6 is 0 Å². The fraction of sp³-hybridized carbons (Fsp3) is 0.0769. The normalized spacial score (nSPS) is 11.3. The van der Waals surface area contributed by atoms with Crippen molar-refractivity contribution in [1.29, 1.82) is 0 Å². The summed E-state index contributed by atoms with van der Waals surface area (Å²) in [6, 6.07) is 16.7. The summed E-state index contributed by atoms with van der Waals surface area (Å²) in [5.41, 5.74) is 5.47. The molecule has 0 saturated carbocycles. The van der Waals surface area contributed by atoms with Crippen molar-refractivity contribution in [1.82, 2.24) is 29.5 Å². The van der Waals surface area contributed by atoms with Gasteiger partial charge in [-0.15, -0.1) is 10.2 Å². The van der Waals surface area contributed by atoms with Crippen LogP contribution in [-0.2, 0) is 4.79 Å². The number of rotatable bonds is 5. The minimum absolute atomic E-state index is 0.0163. The number of nitrogens with one attached hydrogen (secondary N) is 1. The Hall–Kier alpha value is -5.19. The van der Waals surface area contributed by atoms with E-state index in [9.17, 15) is 14.0 Å². The van der Waals surface area contributed by atoms with E-state index in [0.29, 0.717) is 33.7 Å². The van der Waals surface area contributed by atoms with Gasteiger partial charge in [0.15, 0.2) is 17.8 Å². The number of pyridine rings is 2. The van der Waals surface area contributed by atoms with Crippen LogP contribution in [0.25, 0.3) is 38.7 Å². The molecule has 2 aromatic carbocycles. The highest BCUT2D eigenvalue weighted by Gasteiger charge is 2.18. The van der Waals surface area contributed by atoms with E-state index in [4.69, 9.17) is 4.74 Å². The largest absolute Gasteiger partial charge is 0.481 e. The second-order valence-electron chi connectivity index (χ2n) is 8.28. The number of fused-ring (bicyclic) bond motifs is 4. The Morgan fingerprint density at radius 3 is 2.68 bits per heavy atom. The molecule has 11 heteroatoms. The summed E-state index contributed by atoms with van der Waals surface area (Å²) in [6.07, 6.45) is 3.06. The average molecular weight is 495 g/mol. The summed E-state index contributed by atoms with van der Waals surface area (Å²) < 4.78 is 21.6. The summed E-state index contributed by atoms with van der Waals surface area (Å²) >= 11 is 0. The van der Waals surface area contributed by atoms with Gasteiger partial charge in [0, 0.05) is 17.8 Å². The lowest BCUT2D eigenvalue weighted by Crippen LogP contribution is -2.35. The number of hydrogen-bond acceptors (Lipinski definition) is 7. The third-order valence-corrected chi connectivity index (χ3v) is 5.89. The van der Waals surface area contributed by atoms with Crippen molar-refractivity contribution >= 4 is 33.5 Å². The molecular formula is C26H18FN7O3. The first-order valence-electron chi connectivity index (χ1n) is 11.3. The molecule has 0 fully saturated rings. The van der Waals surface area contributed by atoms with Gasteiger partial charge in [-0.25, -0.2) is 13.6 Å². The first kappa shape index (κ1) is 22.3. The van der Waals surface area contributed by atoms with Crippen LogP contribution in [0.2, 0.25) is 0 Å². The first-order valence-corrected chi connectivity index (χ1v) is 11.3. The Bertz CT molecular complexity index is 1870. The van der Waals surface area contributed by atoms with Crippen molar-refractivity contribution in [3.8, 4) is 16.9 Å². The van der Waals surface area contributed by atoms with Crippen LogP contribution < -0.4 is 15.7 Å². The van der Waals surface area contributed by atoms with E-state index in [1.807, 2.05) is 24.3 Å². The van der Waals surface area contributed by atoms with Crippen molar-refractivity contribution in [2.24, 2.45) is 0 Å². The number of carbonyl (C=O) groups excluding carboxylic acids is 1. The zero-order valence-electron chi connectivity index (χ0n) is 19.4. The minimum Gasteiger partial charge on any atom is -0.481 e. The number of hydrogen-bond donors (Lipinski definition) is 1. The summed E-state index contributed by atoms with van der Waals surface area (Å²) in [7, 11) is 0. The molecule has 0 aliphatic carbocycles. The number of benzene rings is 2. The third kappa shape index (κ3) is 3.92. The van der Waals surface area contributed by atoms with Crippen LogP contribution in [-0.4, -0.2) is 42.0 Å². The predicted octanol–water partition coefficient (Wildman–Crippen LogP) is 3.25. The molecule has 6 aromatic rings. The molecular weight excluding hydrogens is 477 g/mol. The summed E-state index contributed by atoms with van der Waals surface area (Å²) in [5, 5.41) is 13.7. The molecule has 0 spiro atoms. The Kier molecular flexibility index (Phi) is 5.29. The number of nitrogens with zero attached hydrogens (tertiary/aromatic N) is 6. The molecule has 4 heterocycles. The van der Waals surface area contributed by atoms with E-state index in [0.717, 1.165) is 15.6 Å².